The van der Waals surface area contributed by atoms with Gasteiger partial charge in [-0.05, 0) is 31.5 Å². The first-order chi connectivity index (χ1) is 9.27. The molecule has 0 saturated carbocycles. The van der Waals surface area contributed by atoms with Crippen LogP contribution in [0.25, 0.3) is 0 Å². The Morgan fingerprint density at radius 1 is 1.35 bits per heavy atom. The van der Waals surface area contributed by atoms with E-state index in [9.17, 15) is 18.3 Å². The first-order valence-corrected chi connectivity index (χ1v) is 7.79. The smallest absolute Gasteiger partial charge is 0.322 e. The van der Waals surface area contributed by atoms with Crippen molar-refractivity contribution in [3.63, 3.8) is 0 Å². The number of carbonyl (C=O) groups excluding carboxylic acids is 1. The fourth-order valence-corrected chi connectivity index (χ4v) is 2.85. The van der Waals surface area contributed by atoms with E-state index in [2.05, 4.69) is 4.74 Å². The second kappa shape index (κ2) is 6.71. The Labute approximate surface area is 119 Å². The van der Waals surface area contributed by atoms with Gasteiger partial charge in [-0.3, -0.25) is 4.79 Å². The highest BCUT2D eigenvalue weighted by molar-refractivity contribution is 7.89. The summed E-state index contributed by atoms with van der Waals surface area (Å²) in [4.78, 5) is 11.3. The van der Waals surface area contributed by atoms with E-state index in [1.807, 2.05) is 0 Å². The average molecular weight is 301 g/mol. The van der Waals surface area contributed by atoms with Gasteiger partial charge in [-0.1, -0.05) is 12.1 Å². The highest BCUT2D eigenvalue weighted by Gasteiger charge is 2.27. The number of sulfonamides is 1. The Balaban J connectivity index is 2.84. The summed E-state index contributed by atoms with van der Waals surface area (Å²) in [5.41, 5.74) is 0.720. The van der Waals surface area contributed by atoms with Gasteiger partial charge >= 0.3 is 5.97 Å². The van der Waals surface area contributed by atoms with Crippen molar-refractivity contribution in [2.75, 3.05) is 19.4 Å². The van der Waals surface area contributed by atoms with Crippen LogP contribution in [0.1, 0.15) is 25.5 Å². The first-order valence-electron chi connectivity index (χ1n) is 6.18. The van der Waals surface area contributed by atoms with E-state index in [0.717, 1.165) is 9.87 Å². The number of phenols is 1. The minimum atomic E-state index is -3.74. The van der Waals surface area contributed by atoms with Gasteiger partial charge in [-0.15, -0.1) is 0 Å². The molecular formula is C13H19NO5S. The van der Waals surface area contributed by atoms with Crippen LogP contribution in [0.5, 0.6) is 5.75 Å². The number of phenolic OH excluding ortho intramolecular Hbond substituents is 1. The molecule has 0 spiro atoms. The number of benzene rings is 1. The molecule has 1 unspecified atom stereocenters. The van der Waals surface area contributed by atoms with Crippen LogP contribution in [0.2, 0.25) is 0 Å². The molecule has 0 radical (unpaired) electrons. The predicted molar refractivity (Wildman–Crippen MR) is 74.7 cm³/mol. The molecule has 0 saturated heterocycles. The second-order valence-corrected chi connectivity index (χ2v) is 6.37. The van der Waals surface area contributed by atoms with Crippen LogP contribution in [0.3, 0.4) is 0 Å². The van der Waals surface area contributed by atoms with Gasteiger partial charge in [0.05, 0.1) is 6.61 Å². The molecule has 112 valence electrons. The van der Waals surface area contributed by atoms with Crippen molar-refractivity contribution in [1.29, 1.82) is 0 Å². The van der Waals surface area contributed by atoms with Crippen molar-refractivity contribution in [3.05, 3.63) is 29.8 Å². The number of carbonyl (C=O) groups is 1. The van der Waals surface area contributed by atoms with E-state index < -0.39 is 27.8 Å². The minimum Gasteiger partial charge on any atom is -0.508 e. The zero-order chi connectivity index (χ0) is 15.3. The van der Waals surface area contributed by atoms with Crippen molar-refractivity contribution in [1.82, 2.24) is 4.31 Å². The van der Waals surface area contributed by atoms with Gasteiger partial charge in [0.2, 0.25) is 10.0 Å². The number of esters is 1. The summed E-state index contributed by atoms with van der Waals surface area (Å²) in [5, 5.41) is 9.22. The molecule has 0 aliphatic carbocycles. The van der Waals surface area contributed by atoms with Gasteiger partial charge in [0.25, 0.3) is 0 Å². The Kier molecular flexibility index (Phi) is 5.52. The van der Waals surface area contributed by atoms with E-state index in [1.54, 1.807) is 26.0 Å². The van der Waals surface area contributed by atoms with E-state index >= 15 is 0 Å². The lowest BCUT2D eigenvalue weighted by molar-refractivity contribution is -0.140. The number of hydrogen-bond acceptors (Lipinski definition) is 5. The molecule has 0 amide bonds. The molecule has 0 aliphatic rings. The molecule has 6 nitrogen and oxygen atoms in total. The van der Waals surface area contributed by atoms with Crippen LogP contribution in [0, 0.1) is 0 Å². The standard InChI is InChI=1S/C13H19NO5S/c1-4-19-13(16)9-20(17,18)14(3)10(2)11-5-7-12(15)8-6-11/h5-8,10,15H,4,9H2,1-3H3. The van der Waals surface area contributed by atoms with E-state index in [4.69, 9.17) is 0 Å². The Bertz CT molecular complexity index is 553. The van der Waals surface area contributed by atoms with Crippen molar-refractivity contribution in [2.24, 2.45) is 0 Å². The number of nitrogens with zero attached hydrogens (tertiary/aromatic N) is 1. The lowest BCUT2D eigenvalue weighted by Crippen LogP contribution is -2.34. The van der Waals surface area contributed by atoms with Crippen LogP contribution in [0.15, 0.2) is 24.3 Å². The third kappa shape index (κ3) is 4.21. The molecule has 1 aromatic carbocycles. The van der Waals surface area contributed by atoms with Crippen LogP contribution in [0.4, 0.5) is 0 Å². The predicted octanol–water partition coefficient (Wildman–Crippen LogP) is 1.28. The maximum absolute atomic E-state index is 12.1. The maximum atomic E-state index is 12.1. The van der Waals surface area contributed by atoms with Gasteiger partial charge in [-0.2, -0.15) is 4.31 Å². The average Bonchev–Trinajstić information content (AvgIpc) is 2.37. The third-order valence-electron chi connectivity index (χ3n) is 2.97. The highest BCUT2D eigenvalue weighted by Crippen LogP contribution is 2.23. The van der Waals surface area contributed by atoms with Gasteiger partial charge in [0.15, 0.2) is 5.75 Å². The molecule has 0 aromatic heterocycles. The molecule has 0 heterocycles. The fraction of sp³-hybridized carbons (Fsp3) is 0.462. The SMILES string of the molecule is CCOC(=O)CS(=O)(=O)N(C)C(C)c1ccc(O)cc1. The summed E-state index contributed by atoms with van der Waals surface area (Å²) in [7, 11) is -2.33. The van der Waals surface area contributed by atoms with Crippen molar-refractivity contribution in [3.8, 4) is 5.75 Å². The zero-order valence-corrected chi connectivity index (χ0v) is 12.6. The van der Waals surface area contributed by atoms with E-state index in [0.29, 0.717) is 0 Å². The normalized spacial score (nSPS) is 13.2. The summed E-state index contributed by atoms with van der Waals surface area (Å²) in [6, 6.07) is 5.79. The van der Waals surface area contributed by atoms with Crippen LogP contribution >= 0.6 is 0 Å². The molecule has 1 atom stereocenters. The van der Waals surface area contributed by atoms with Crippen LogP contribution < -0.4 is 0 Å². The third-order valence-corrected chi connectivity index (χ3v) is 4.76. The monoisotopic (exact) mass is 301 g/mol. The second-order valence-electron chi connectivity index (χ2n) is 4.34. The van der Waals surface area contributed by atoms with Crippen LogP contribution in [-0.2, 0) is 19.6 Å². The summed E-state index contributed by atoms with van der Waals surface area (Å²) < 4.78 is 29.9. The molecule has 7 heteroatoms. The van der Waals surface area contributed by atoms with Crippen molar-refractivity contribution < 1.29 is 23.1 Å². The molecule has 1 rings (SSSR count). The summed E-state index contributed by atoms with van der Waals surface area (Å²) in [6.07, 6.45) is 0. The Morgan fingerprint density at radius 3 is 2.40 bits per heavy atom. The van der Waals surface area contributed by atoms with E-state index in [1.165, 1.54) is 19.2 Å². The first kappa shape index (κ1) is 16.5. The van der Waals surface area contributed by atoms with Gasteiger partial charge in [-0.25, -0.2) is 8.42 Å². The molecule has 0 bridgehead atoms. The van der Waals surface area contributed by atoms with Crippen molar-refractivity contribution >= 4 is 16.0 Å². The molecule has 1 N–H and O–H groups in total. The molecule has 0 fully saturated rings. The topological polar surface area (TPSA) is 83.9 Å². The quantitative estimate of drug-likeness (QED) is 0.800. The molecule has 20 heavy (non-hydrogen) atoms. The largest absolute Gasteiger partial charge is 0.508 e. The van der Waals surface area contributed by atoms with Gasteiger partial charge in [0, 0.05) is 13.1 Å². The fourth-order valence-electron chi connectivity index (χ4n) is 1.66. The molecular weight excluding hydrogens is 282 g/mol. The zero-order valence-electron chi connectivity index (χ0n) is 11.7. The summed E-state index contributed by atoms with van der Waals surface area (Å²) in [6.45, 7) is 3.47. The van der Waals surface area contributed by atoms with E-state index in [-0.39, 0.29) is 12.4 Å². The lowest BCUT2D eigenvalue weighted by atomic mass is 10.1. The molecule has 1 aromatic rings. The van der Waals surface area contributed by atoms with Crippen LogP contribution in [-0.4, -0.2) is 43.2 Å². The highest BCUT2D eigenvalue weighted by atomic mass is 32.2. The summed E-state index contributed by atoms with van der Waals surface area (Å²) >= 11 is 0. The number of rotatable bonds is 6. The Hall–Kier alpha value is -1.60. The number of hydrogen-bond donors (Lipinski definition) is 1. The lowest BCUT2D eigenvalue weighted by Gasteiger charge is -2.24. The number of aromatic hydroxyl groups is 1. The minimum absolute atomic E-state index is 0.109. The van der Waals surface area contributed by atoms with Gasteiger partial charge in [0.1, 0.15) is 5.75 Å². The molecule has 0 aliphatic heterocycles. The Morgan fingerprint density at radius 2 is 1.90 bits per heavy atom. The van der Waals surface area contributed by atoms with Gasteiger partial charge < -0.3 is 9.84 Å². The summed E-state index contributed by atoms with van der Waals surface area (Å²) in [5.74, 6) is -1.34. The number of ether oxygens (including phenoxy) is 1. The maximum Gasteiger partial charge on any atom is 0.322 e. The van der Waals surface area contributed by atoms with Crippen molar-refractivity contribution in [2.45, 2.75) is 19.9 Å².